The van der Waals surface area contributed by atoms with Crippen molar-refractivity contribution in [3.63, 3.8) is 0 Å². The summed E-state index contributed by atoms with van der Waals surface area (Å²) < 4.78 is 0. The summed E-state index contributed by atoms with van der Waals surface area (Å²) in [4.78, 5) is 4.77. The van der Waals surface area contributed by atoms with Crippen molar-refractivity contribution in [2.24, 2.45) is 0 Å². The number of H-pyrrole nitrogens is 1. The van der Waals surface area contributed by atoms with Gasteiger partial charge in [-0.15, -0.1) is 0 Å². The maximum Gasteiger partial charge on any atom is 0.0695 e. The molecule has 1 aromatic heterocycles. The van der Waals surface area contributed by atoms with Crippen molar-refractivity contribution in [2.75, 3.05) is 33.3 Å². The van der Waals surface area contributed by atoms with Crippen molar-refractivity contribution in [3.05, 3.63) is 41.0 Å². The number of halogens is 1. The van der Waals surface area contributed by atoms with Gasteiger partial charge in [0.25, 0.3) is 0 Å². The lowest BCUT2D eigenvalue weighted by Crippen LogP contribution is -2.51. The molecule has 0 spiro atoms. The number of hydrogen-bond donors (Lipinski definition) is 2. The first-order valence-corrected chi connectivity index (χ1v) is 8.37. The van der Waals surface area contributed by atoms with Crippen LogP contribution in [0.2, 0.25) is 5.02 Å². The molecule has 0 unspecified atom stereocenters. The fourth-order valence-electron chi connectivity index (χ4n) is 3.15. The third kappa shape index (κ3) is 3.93. The Morgan fingerprint density at radius 2 is 2.09 bits per heavy atom. The van der Waals surface area contributed by atoms with Crippen molar-refractivity contribution in [3.8, 4) is 11.3 Å². The highest BCUT2D eigenvalue weighted by Crippen LogP contribution is 2.24. The molecule has 5 nitrogen and oxygen atoms in total. The van der Waals surface area contributed by atoms with Gasteiger partial charge in [-0.25, -0.2) is 0 Å². The average Bonchev–Trinajstić information content (AvgIpc) is 3.00. The molecule has 1 aliphatic heterocycles. The van der Waals surface area contributed by atoms with E-state index >= 15 is 0 Å². The molecule has 124 valence electrons. The van der Waals surface area contributed by atoms with Gasteiger partial charge < -0.3 is 10.0 Å². The Labute approximate surface area is 141 Å². The molecule has 0 saturated carbocycles. The lowest BCUT2D eigenvalue weighted by Gasteiger charge is -2.39. The third-order valence-electron chi connectivity index (χ3n) is 4.57. The molecule has 1 aromatic carbocycles. The number of aromatic amines is 1. The second-order valence-corrected chi connectivity index (χ2v) is 6.60. The summed E-state index contributed by atoms with van der Waals surface area (Å²) in [6, 6.07) is 8.23. The summed E-state index contributed by atoms with van der Waals surface area (Å²) in [7, 11) is 2.13. The van der Waals surface area contributed by atoms with Crippen LogP contribution in [0.5, 0.6) is 0 Å². The van der Waals surface area contributed by atoms with Crippen LogP contribution in [0.1, 0.15) is 12.0 Å². The van der Waals surface area contributed by atoms with Crippen LogP contribution in [0.4, 0.5) is 0 Å². The molecule has 0 amide bonds. The molecule has 2 N–H and O–H groups in total. The Bertz CT molecular complexity index is 628. The highest BCUT2D eigenvalue weighted by atomic mass is 35.5. The molecular formula is C17H23ClN4O. The van der Waals surface area contributed by atoms with E-state index in [0.717, 1.165) is 48.9 Å². The van der Waals surface area contributed by atoms with E-state index in [2.05, 4.69) is 27.0 Å². The second-order valence-electron chi connectivity index (χ2n) is 6.16. The number of likely N-dealkylation sites (N-methyl/N-ethyl adjacent to an activating group) is 1. The van der Waals surface area contributed by atoms with Crippen molar-refractivity contribution < 1.29 is 5.11 Å². The van der Waals surface area contributed by atoms with Gasteiger partial charge in [0.1, 0.15) is 0 Å². The lowest BCUT2D eigenvalue weighted by atomic mass is 10.1. The van der Waals surface area contributed by atoms with Crippen molar-refractivity contribution in [2.45, 2.75) is 19.0 Å². The fourth-order valence-corrected chi connectivity index (χ4v) is 3.28. The molecule has 1 atom stereocenters. The van der Waals surface area contributed by atoms with Gasteiger partial charge in [-0.3, -0.25) is 10.00 Å². The summed E-state index contributed by atoms with van der Waals surface area (Å²) in [6.07, 6.45) is 2.73. The summed E-state index contributed by atoms with van der Waals surface area (Å²) in [6.45, 7) is 4.14. The first kappa shape index (κ1) is 16.5. The Kier molecular flexibility index (Phi) is 5.33. The first-order chi connectivity index (χ1) is 11.2. The van der Waals surface area contributed by atoms with Gasteiger partial charge >= 0.3 is 0 Å². The van der Waals surface area contributed by atoms with E-state index in [9.17, 15) is 5.11 Å². The largest absolute Gasteiger partial charge is 0.396 e. The molecule has 1 fully saturated rings. The molecule has 23 heavy (non-hydrogen) atoms. The number of aliphatic hydroxyl groups excluding tert-OH is 1. The van der Waals surface area contributed by atoms with Crippen LogP contribution in [0.3, 0.4) is 0 Å². The zero-order chi connectivity index (χ0) is 16.2. The second kappa shape index (κ2) is 7.45. The smallest absolute Gasteiger partial charge is 0.0695 e. The molecule has 0 aliphatic carbocycles. The fraction of sp³-hybridized carbons (Fsp3) is 0.471. The Morgan fingerprint density at radius 3 is 2.83 bits per heavy atom. The van der Waals surface area contributed by atoms with Crippen LogP contribution in [0, 0.1) is 0 Å². The highest BCUT2D eigenvalue weighted by Gasteiger charge is 2.24. The molecule has 1 aliphatic rings. The summed E-state index contributed by atoms with van der Waals surface area (Å²) >= 11 is 5.97. The predicted molar refractivity (Wildman–Crippen MR) is 92.4 cm³/mol. The lowest BCUT2D eigenvalue weighted by molar-refractivity contribution is 0.0744. The minimum absolute atomic E-state index is 0.241. The molecule has 0 radical (unpaired) electrons. The van der Waals surface area contributed by atoms with Crippen LogP contribution in [-0.4, -0.2) is 64.4 Å². The van der Waals surface area contributed by atoms with Crippen LogP contribution in [-0.2, 0) is 6.54 Å². The van der Waals surface area contributed by atoms with E-state index in [1.807, 2.05) is 30.5 Å². The van der Waals surface area contributed by atoms with E-state index in [1.54, 1.807) is 0 Å². The molecular weight excluding hydrogens is 312 g/mol. The van der Waals surface area contributed by atoms with E-state index in [-0.39, 0.29) is 6.61 Å². The van der Waals surface area contributed by atoms with Gasteiger partial charge in [0, 0.05) is 49.4 Å². The molecule has 6 heteroatoms. The van der Waals surface area contributed by atoms with E-state index in [0.29, 0.717) is 6.04 Å². The van der Waals surface area contributed by atoms with Gasteiger partial charge in [-0.1, -0.05) is 23.7 Å². The van der Waals surface area contributed by atoms with E-state index in [1.165, 1.54) is 5.56 Å². The van der Waals surface area contributed by atoms with Gasteiger partial charge in [0.15, 0.2) is 0 Å². The molecule has 2 heterocycles. The number of nitrogens with one attached hydrogen (secondary N) is 1. The SMILES string of the molecule is CN1CCN(Cc2cn[nH]c2-c2ccc(Cl)cc2)C[C@H]1CCO. The maximum absolute atomic E-state index is 9.22. The van der Waals surface area contributed by atoms with E-state index < -0.39 is 0 Å². The number of rotatable bonds is 5. The van der Waals surface area contributed by atoms with Crippen LogP contribution < -0.4 is 0 Å². The summed E-state index contributed by atoms with van der Waals surface area (Å²) in [5.74, 6) is 0. The zero-order valence-corrected chi connectivity index (χ0v) is 14.1. The van der Waals surface area contributed by atoms with Crippen molar-refractivity contribution in [1.29, 1.82) is 0 Å². The first-order valence-electron chi connectivity index (χ1n) is 7.99. The van der Waals surface area contributed by atoms with E-state index in [4.69, 9.17) is 11.6 Å². The number of aliphatic hydroxyl groups is 1. The molecule has 0 bridgehead atoms. The van der Waals surface area contributed by atoms with Gasteiger partial charge in [0.05, 0.1) is 11.9 Å². The minimum Gasteiger partial charge on any atom is -0.396 e. The van der Waals surface area contributed by atoms with Crippen molar-refractivity contribution >= 4 is 11.6 Å². The number of benzene rings is 1. The summed E-state index contributed by atoms with van der Waals surface area (Å²) in [5, 5.41) is 17.3. The number of aromatic nitrogens is 2. The minimum atomic E-state index is 0.241. The predicted octanol–water partition coefficient (Wildman–Crippen LogP) is 2.23. The van der Waals surface area contributed by atoms with Crippen molar-refractivity contribution in [1.82, 2.24) is 20.0 Å². The molecule has 1 saturated heterocycles. The third-order valence-corrected chi connectivity index (χ3v) is 4.82. The number of nitrogens with zero attached hydrogens (tertiary/aromatic N) is 3. The van der Waals surface area contributed by atoms with Crippen LogP contribution >= 0.6 is 11.6 Å². The van der Waals surface area contributed by atoms with Gasteiger partial charge in [0.2, 0.25) is 0 Å². The Morgan fingerprint density at radius 1 is 1.30 bits per heavy atom. The monoisotopic (exact) mass is 334 g/mol. The summed E-state index contributed by atoms with van der Waals surface area (Å²) in [5.41, 5.74) is 3.35. The van der Waals surface area contributed by atoms with Gasteiger partial charge in [-0.2, -0.15) is 5.10 Å². The number of hydrogen-bond acceptors (Lipinski definition) is 4. The Balaban J connectivity index is 1.71. The normalized spacial score (nSPS) is 20.0. The topological polar surface area (TPSA) is 55.4 Å². The maximum atomic E-state index is 9.22. The zero-order valence-electron chi connectivity index (χ0n) is 13.4. The number of piperazine rings is 1. The van der Waals surface area contributed by atoms with Gasteiger partial charge in [-0.05, 0) is 31.2 Å². The quantitative estimate of drug-likeness (QED) is 0.880. The standard InChI is InChI=1S/C17H23ClN4O/c1-21-7-8-22(12-16(21)6-9-23)11-14-10-19-20-17(14)13-2-4-15(18)5-3-13/h2-5,10,16,23H,6-9,11-12H2,1H3,(H,19,20)/t16-/m1/s1. The van der Waals surface area contributed by atoms with Crippen LogP contribution in [0.15, 0.2) is 30.5 Å². The average molecular weight is 335 g/mol. The Hall–Kier alpha value is -1.40. The van der Waals surface area contributed by atoms with Crippen LogP contribution in [0.25, 0.3) is 11.3 Å². The molecule has 2 aromatic rings. The molecule has 3 rings (SSSR count). The highest BCUT2D eigenvalue weighted by molar-refractivity contribution is 6.30.